The topological polar surface area (TPSA) is 81.5 Å². The first kappa shape index (κ1) is 15.9. The monoisotopic (exact) mass is 327 g/mol. The number of rotatable bonds is 2. The minimum atomic E-state index is -0.643. The summed E-state index contributed by atoms with van der Waals surface area (Å²) in [7, 11) is 0. The van der Waals surface area contributed by atoms with E-state index in [0.29, 0.717) is 17.6 Å². The van der Waals surface area contributed by atoms with Crippen LogP contribution in [0.25, 0.3) is 5.57 Å². The molecule has 0 bridgehead atoms. The Bertz CT molecular complexity index is 864. The summed E-state index contributed by atoms with van der Waals surface area (Å²) in [5.41, 5.74) is 12.6. The van der Waals surface area contributed by atoms with Crippen molar-refractivity contribution in [2.24, 2.45) is 16.5 Å². The van der Waals surface area contributed by atoms with Crippen LogP contribution in [-0.4, -0.2) is 11.9 Å². The van der Waals surface area contributed by atoms with Crippen molar-refractivity contribution in [3.05, 3.63) is 76.4 Å². The minimum absolute atomic E-state index is 0.0927. The molecule has 0 aliphatic heterocycles. The van der Waals surface area contributed by atoms with Crippen LogP contribution < -0.4 is 11.5 Å². The number of hydrogen-bond acceptors (Lipinski definition) is 1. The molecule has 0 unspecified atom stereocenters. The van der Waals surface area contributed by atoms with Gasteiger partial charge in [0.25, 0.3) is 5.91 Å². The zero-order valence-electron chi connectivity index (χ0n) is 12.7. The maximum Gasteiger partial charge on any atom is 0.280 e. The van der Waals surface area contributed by atoms with Crippen LogP contribution in [-0.2, 0) is 6.42 Å². The van der Waals surface area contributed by atoms with Gasteiger partial charge in [0, 0.05) is 5.56 Å². The molecule has 2 aromatic carbocycles. The van der Waals surface area contributed by atoms with Crippen LogP contribution in [0.15, 0.2) is 47.5 Å². The lowest BCUT2D eigenvalue weighted by atomic mass is 9.85. The summed E-state index contributed by atoms with van der Waals surface area (Å²) in [4.78, 5) is 15.5. The molecule has 1 aliphatic rings. The molecule has 0 saturated carbocycles. The van der Waals surface area contributed by atoms with E-state index in [1.807, 2.05) is 0 Å². The zero-order chi connectivity index (χ0) is 17.3. The molecule has 0 aromatic heterocycles. The SMILES string of the molecule is NC(N)=NC(=O)c1ccc2c(c1)C(c1c(F)cccc1F)=CCC2. The lowest BCUT2D eigenvalue weighted by Gasteiger charge is -2.19. The van der Waals surface area contributed by atoms with Crippen molar-refractivity contribution < 1.29 is 13.6 Å². The average Bonchev–Trinajstić information content (AvgIpc) is 2.53. The normalized spacial score (nSPS) is 13.0. The number of guanidine groups is 1. The molecule has 0 saturated heterocycles. The highest BCUT2D eigenvalue weighted by atomic mass is 19.1. The number of benzene rings is 2. The molecule has 0 radical (unpaired) electrons. The summed E-state index contributed by atoms with van der Waals surface area (Å²) in [5, 5.41) is 0. The number of fused-ring (bicyclic) bond motifs is 1. The molecule has 1 amide bonds. The Morgan fingerprint density at radius 1 is 1.08 bits per heavy atom. The van der Waals surface area contributed by atoms with Crippen molar-refractivity contribution in [1.82, 2.24) is 0 Å². The Kier molecular flexibility index (Phi) is 4.12. The first-order chi connectivity index (χ1) is 11.5. The molecular weight excluding hydrogens is 312 g/mol. The van der Waals surface area contributed by atoms with Gasteiger partial charge in [-0.05, 0) is 53.8 Å². The lowest BCUT2D eigenvalue weighted by molar-refractivity contribution is 0.100. The van der Waals surface area contributed by atoms with Crippen LogP contribution in [0.2, 0.25) is 0 Å². The molecule has 3 rings (SSSR count). The number of carbonyl (C=O) groups excluding carboxylic acids is 1. The summed E-state index contributed by atoms with van der Waals surface area (Å²) in [5.74, 6) is -2.23. The van der Waals surface area contributed by atoms with E-state index in [1.165, 1.54) is 18.2 Å². The van der Waals surface area contributed by atoms with Gasteiger partial charge in [0.15, 0.2) is 5.96 Å². The van der Waals surface area contributed by atoms with Gasteiger partial charge in [-0.1, -0.05) is 18.2 Å². The van der Waals surface area contributed by atoms with Crippen LogP contribution in [0.4, 0.5) is 8.78 Å². The van der Waals surface area contributed by atoms with E-state index in [4.69, 9.17) is 11.5 Å². The molecule has 4 nitrogen and oxygen atoms in total. The van der Waals surface area contributed by atoms with E-state index >= 15 is 0 Å². The summed E-state index contributed by atoms with van der Waals surface area (Å²) in [6.07, 6.45) is 3.17. The van der Waals surface area contributed by atoms with Gasteiger partial charge in [-0.25, -0.2) is 8.78 Å². The van der Waals surface area contributed by atoms with Crippen LogP contribution in [0, 0.1) is 11.6 Å². The first-order valence-corrected chi connectivity index (χ1v) is 7.39. The van der Waals surface area contributed by atoms with E-state index in [9.17, 15) is 13.6 Å². The third-order valence-corrected chi connectivity index (χ3v) is 3.87. The van der Waals surface area contributed by atoms with Gasteiger partial charge >= 0.3 is 0 Å². The molecular formula is C18H15F2N3O. The number of carbonyl (C=O) groups is 1. The third-order valence-electron chi connectivity index (χ3n) is 3.87. The summed E-state index contributed by atoms with van der Waals surface area (Å²) < 4.78 is 28.3. The van der Waals surface area contributed by atoms with E-state index < -0.39 is 17.5 Å². The molecule has 0 fully saturated rings. The fraction of sp³-hybridized carbons (Fsp3) is 0.111. The Morgan fingerprint density at radius 2 is 1.79 bits per heavy atom. The number of nitrogens with two attached hydrogens (primary N) is 2. The van der Waals surface area contributed by atoms with Gasteiger partial charge in [0.2, 0.25) is 0 Å². The van der Waals surface area contributed by atoms with Crippen LogP contribution in [0.3, 0.4) is 0 Å². The van der Waals surface area contributed by atoms with Crippen molar-refractivity contribution in [3.8, 4) is 0 Å². The van der Waals surface area contributed by atoms with Crippen molar-refractivity contribution >= 4 is 17.4 Å². The van der Waals surface area contributed by atoms with Gasteiger partial charge in [0.05, 0.1) is 5.56 Å². The summed E-state index contributed by atoms with van der Waals surface area (Å²) >= 11 is 0. The van der Waals surface area contributed by atoms with Gasteiger partial charge in [0.1, 0.15) is 11.6 Å². The maximum absolute atomic E-state index is 14.2. The second-order valence-electron chi connectivity index (χ2n) is 5.47. The number of halogens is 2. The van der Waals surface area contributed by atoms with Crippen LogP contribution in [0.5, 0.6) is 0 Å². The number of nitrogens with zero attached hydrogens (tertiary/aromatic N) is 1. The zero-order valence-corrected chi connectivity index (χ0v) is 12.7. The Morgan fingerprint density at radius 3 is 2.46 bits per heavy atom. The minimum Gasteiger partial charge on any atom is -0.370 e. The van der Waals surface area contributed by atoms with E-state index in [2.05, 4.69) is 4.99 Å². The van der Waals surface area contributed by atoms with Crippen molar-refractivity contribution in [3.63, 3.8) is 0 Å². The molecule has 0 spiro atoms. The average molecular weight is 327 g/mol. The van der Waals surface area contributed by atoms with Crippen molar-refractivity contribution in [1.29, 1.82) is 0 Å². The highest BCUT2D eigenvalue weighted by molar-refractivity contribution is 6.02. The molecule has 1 aliphatic carbocycles. The fourth-order valence-electron chi connectivity index (χ4n) is 2.83. The summed E-state index contributed by atoms with van der Waals surface area (Å²) in [6, 6.07) is 8.67. The van der Waals surface area contributed by atoms with Crippen molar-refractivity contribution in [2.75, 3.05) is 0 Å². The summed E-state index contributed by atoms with van der Waals surface area (Å²) in [6.45, 7) is 0. The number of amides is 1. The molecule has 24 heavy (non-hydrogen) atoms. The fourth-order valence-corrected chi connectivity index (χ4v) is 2.83. The number of aliphatic imine (C=N–C) groups is 1. The van der Waals surface area contributed by atoms with Crippen molar-refractivity contribution in [2.45, 2.75) is 12.8 Å². The van der Waals surface area contributed by atoms with Gasteiger partial charge in [-0.2, -0.15) is 4.99 Å². The van der Waals surface area contributed by atoms with Gasteiger partial charge < -0.3 is 11.5 Å². The van der Waals surface area contributed by atoms with Crippen LogP contribution >= 0.6 is 0 Å². The second kappa shape index (κ2) is 6.23. The first-order valence-electron chi connectivity index (χ1n) is 7.39. The Balaban J connectivity index is 2.13. The standard InChI is InChI=1S/C18H15F2N3O/c19-14-5-2-6-15(20)16(14)12-4-1-3-10-7-8-11(9-13(10)12)17(24)23-18(21)22/h2,4-9H,1,3H2,(H4,21,22,23,24). The maximum atomic E-state index is 14.2. The number of aryl methyl sites for hydroxylation is 1. The molecule has 0 atom stereocenters. The lowest BCUT2D eigenvalue weighted by Crippen LogP contribution is -2.24. The van der Waals surface area contributed by atoms with Gasteiger partial charge in [-0.3, -0.25) is 4.79 Å². The predicted octanol–water partition coefficient (Wildman–Crippen LogP) is 2.76. The van der Waals surface area contributed by atoms with E-state index in [1.54, 1.807) is 24.3 Å². The molecule has 0 heterocycles. The third kappa shape index (κ3) is 2.90. The quantitative estimate of drug-likeness (QED) is 0.657. The van der Waals surface area contributed by atoms with E-state index in [-0.39, 0.29) is 17.1 Å². The highest BCUT2D eigenvalue weighted by Gasteiger charge is 2.21. The van der Waals surface area contributed by atoms with Gasteiger partial charge in [-0.15, -0.1) is 0 Å². The Hall–Kier alpha value is -3.02. The molecule has 122 valence electrons. The number of hydrogen-bond donors (Lipinski definition) is 2. The molecule has 2 aromatic rings. The van der Waals surface area contributed by atoms with E-state index in [0.717, 1.165) is 12.0 Å². The second-order valence-corrected chi connectivity index (χ2v) is 5.47. The molecule has 6 heteroatoms. The predicted molar refractivity (Wildman–Crippen MR) is 88.3 cm³/mol. The van der Waals surface area contributed by atoms with Crippen LogP contribution in [0.1, 0.15) is 33.5 Å². The Labute approximate surface area is 137 Å². The smallest absolute Gasteiger partial charge is 0.280 e. The highest BCUT2D eigenvalue weighted by Crippen LogP contribution is 2.35. The molecule has 4 N–H and O–H groups in total. The largest absolute Gasteiger partial charge is 0.370 e. The number of allylic oxidation sites excluding steroid dienone is 1.